The van der Waals surface area contributed by atoms with Crippen LogP contribution in [0.15, 0.2) is 146 Å². The largest absolute Gasteiger partial charge is 0.416 e. The van der Waals surface area contributed by atoms with Gasteiger partial charge in [0, 0.05) is 41.2 Å². The lowest BCUT2D eigenvalue weighted by Gasteiger charge is -2.37. The molecule has 2 aliphatic heterocycles. The van der Waals surface area contributed by atoms with E-state index in [9.17, 15) is 26.3 Å². The lowest BCUT2D eigenvalue weighted by atomic mass is 9.67. The van der Waals surface area contributed by atoms with Gasteiger partial charge in [0.05, 0.1) is 16.5 Å². The molecule has 7 aromatic rings. The number of hydrogen-bond acceptors (Lipinski definition) is 2. The Hall–Kier alpha value is -6.02. The zero-order valence-corrected chi connectivity index (χ0v) is 30.8. The van der Waals surface area contributed by atoms with Crippen molar-refractivity contribution in [2.75, 3.05) is 22.9 Å². The molecule has 0 spiro atoms. The first-order chi connectivity index (χ1) is 27.5. The molecule has 2 nitrogen and oxygen atoms in total. The first kappa shape index (κ1) is 35.4. The van der Waals surface area contributed by atoms with E-state index in [2.05, 4.69) is 70.5 Å². The van der Waals surface area contributed by atoms with E-state index in [4.69, 9.17) is 0 Å². The zero-order chi connectivity index (χ0) is 39.1. The summed E-state index contributed by atoms with van der Waals surface area (Å²) >= 11 is 0. The molecule has 0 amide bonds. The highest BCUT2D eigenvalue weighted by Gasteiger charge is 2.48. The SMILES string of the molecule is FC(F)(F)c1ccc2c(c1)CCCN2c1ccc2c(c1)C(c1ccccc1)(c1ccccc1)c1cc(N3CCCc4cc(C(F)(F)F)ccc43)c3ccccc3c1-2. The Kier molecular flexibility index (Phi) is 8.08. The van der Waals surface area contributed by atoms with Crippen molar-refractivity contribution in [1.29, 1.82) is 0 Å². The van der Waals surface area contributed by atoms with E-state index >= 15 is 0 Å². The van der Waals surface area contributed by atoms with Gasteiger partial charge < -0.3 is 9.80 Å². The van der Waals surface area contributed by atoms with Gasteiger partial charge in [-0.2, -0.15) is 26.3 Å². The fourth-order valence-electron chi connectivity index (χ4n) is 9.77. The number of benzene rings is 7. The number of rotatable bonds is 4. The molecular formula is C49H36F6N2. The second-order valence-electron chi connectivity index (χ2n) is 15.3. The summed E-state index contributed by atoms with van der Waals surface area (Å²) in [5.74, 6) is 0. The first-order valence-electron chi connectivity index (χ1n) is 19.3. The smallest absolute Gasteiger partial charge is 0.341 e. The van der Waals surface area contributed by atoms with Gasteiger partial charge >= 0.3 is 12.4 Å². The van der Waals surface area contributed by atoms with Gasteiger partial charge in [0.1, 0.15) is 0 Å². The van der Waals surface area contributed by atoms with Crippen LogP contribution < -0.4 is 9.80 Å². The quantitative estimate of drug-likeness (QED) is 0.165. The van der Waals surface area contributed by atoms with Crippen molar-refractivity contribution >= 4 is 33.5 Å². The predicted octanol–water partition coefficient (Wildman–Crippen LogP) is 13.4. The Balaban J connectivity index is 1.24. The maximum Gasteiger partial charge on any atom is 0.416 e. The number of fused-ring (bicyclic) bond motifs is 7. The molecule has 0 radical (unpaired) electrons. The molecule has 10 rings (SSSR count). The van der Waals surface area contributed by atoms with Crippen molar-refractivity contribution in [2.24, 2.45) is 0 Å². The number of anilines is 4. The van der Waals surface area contributed by atoms with Crippen molar-refractivity contribution in [3.63, 3.8) is 0 Å². The summed E-state index contributed by atoms with van der Waals surface area (Å²) in [6.07, 6.45) is -6.32. The molecule has 57 heavy (non-hydrogen) atoms. The minimum atomic E-state index is -4.44. The summed E-state index contributed by atoms with van der Waals surface area (Å²) in [4.78, 5) is 4.34. The molecule has 0 bridgehead atoms. The van der Waals surface area contributed by atoms with Gasteiger partial charge in [0.2, 0.25) is 0 Å². The molecule has 2 heterocycles. The third-order valence-corrected chi connectivity index (χ3v) is 12.2. The van der Waals surface area contributed by atoms with E-state index in [1.807, 2.05) is 48.5 Å². The monoisotopic (exact) mass is 766 g/mol. The first-order valence-corrected chi connectivity index (χ1v) is 19.3. The van der Waals surface area contributed by atoms with Crippen LogP contribution in [0, 0.1) is 0 Å². The molecule has 0 N–H and O–H groups in total. The third kappa shape index (κ3) is 5.55. The van der Waals surface area contributed by atoms with E-state index < -0.39 is 28.9 Å². The van der Waals surface area contributed by atoms with Crippen molar-refractivity contribution < 1.29 is 26.3 Å². The van der Waals surface area contributed by atoms with Crippen LogP contribution in [0.3, 0.4) is 0 Å². The van der Waals surface area contributed by atoms with Crippen LogP contribution in [0.2, 0.25) is 0 Å². The van der Waals surface area contributed by atoms with E-state index in [1.54, 1.807) is 12.1 Å². The lowest BCUT2D eigenvalue weighted by molar-refractivity contribution is -0.138. The van der Waals surface area contributed by atoms with Crippen molar-refractivity contribution in [1.82, 2.24) is 0 Å². The molecule has 8 heteroatoms. The topological polar surface area (TPSA) is 6.48 Å². The predicted molar refractivity (Wildman–Crippen MR) is 215 cm³/mol. The molecule has 3 aliphatic rings. The van der Waals surface area contributed by atoms with Gasteiger partial charge in [0.15, 0.2) is 0 Å². The molecule has 7 aromatic carbocycles. The summed E-state index contributed by atoms with van der Waals surface area (Å²) < 4.78 is 83.1. The van der Waals surface area contributed by atoms with Crippen molar-refractivity contribution in [3.8, 4) is 11.1 Å². The van der Waals surface area contributed by atoms with Gasteiger partial charge in [0.25, 0.3) is 0 Å². The number of halogens is 6. The van der Waals surface area contributed by atoms with Crippen molar-refractivity contribution in [2.45, 2.75) is 43.5 Å². The standard InChI is InChI=1S/C49H36F6N2/c50-48(51,52)35-19-23-43-31(27-35)11-9-25-56(43)37-21-22-40-41(29-37)47(33-13-3-1-4-14-33,34-15-5-2-6-16-34)42-30-45(38-17-7-8-18-39(38)46(40)42)57-26-10-12-32-28-36(49(53,54)55)20-24-44(32)57/h1-8,13-24,27-30H,9-12,25-26H2. The van der Waals surface area contributed by atoms with Gasteiger partial charge in [-0.05, 0) is 130 Å². The number of nitrogens with zero attached hydrogens (tertiary/aromatic N) is 2. The average Bonchev–Trinajstić information content (AvgIpc) is 3.53. The van der Waals surface area contributed by atoms with Crippen LogP contribution in [-0.4, -0.2) is 13.1 Å². The number of aryl methyl sites for hydroxylation is 2. The van der Waals surface area contributed by atoms with Crippen LogP contribution in [-0.2, 0) is 30.6 Å². The van der Waals surface area contributed by atoms with Crippen LogP contribution in [0.4, 0.5) is 49.1 Å². The van der Waals surface area contributed by atoms with E-state index in [1.165, 1.54) is 24.3 Å². The maximum absolute atomic E-state index is 13.9. The normalized spacial score (nSPS) is 15.9. The Morgan fingerprint density at radius 3 is 1.56 bits per heavy atom. The lowest BCUT2D eigenvalue weighted by Crippen LogP contribution is -2.30. The van der Waals surface area contributed by atoms with Gasteiger partial charge in [-0.1, -0.05) is 91.0 Å². The molecule has 284 valence electrons. The molecule has 0 atom stereocenters. The second kappa shape index (κ2) is 13.0. The summed E-state index contributed by atoms with van der Waals surface area (Å²) in [5.41, 5.74) is 9.01. The summed E-state index contributed by atoms with van der Waals surface area (Å²) in [6.45, 7) is 1.30. The molecule has 0 saturated carbocycles. The molecule has 1 aliphatic carbocycles. The van der Waals surface area contributed by atoms with Gasteiger partial charge in [-0.15, -0.1) is 0 Å². The number of hydrogen-bond donors (Lipinski definition) is 0. The molecule has 0 fully saturated rings. The highest BCUT2D eigenvalue weighted by molar-refractivity contribution is 6.10. The van der Waals surface area contributed by atoms with E-state index in [0.29, 0.717) is 49.9 Å². The summed E-state index contributed by atoms with van der Waals surface area (Å²) in [5, 5.41) is 2.04. The fourth-order valence-corrected chi connectivity index (χ4v) is 9.77. The van der Waals surface area contributed by atoms with Crippen LogP contribution >= 0.6 is 0 Å². The zero-order valence-electron chi connectivity index (χ0n) is 30.8. The van der Waals surface area contributed by atoms with Crippen molar-refractivity contribution in [3.05, 3.63) is 190 Å². The Morgan fingerprint density at radius 1 is 0.456 bits per heavy atom. The molecule has 0 unspecified atom stereocenters. The Bertz CT molecular complexity index is 2640. The third-order valence-electron chi connectivity index (χ3n) is 12.2. The second-order valence-corrected chi connectivity index (χ2v) is 15.3. The molecular weight excluding hydrogens is 731 g/mol. The minimum absolute atomic E-state index is 0.557. The summed E-state index contributed by atoms with van der Waals surface area (Å²) in [7, 11) is 0. The fraction of sp³-hybridized carbons (Fsp3) is 0.184. The van der Waals surface area contributed by atoms with E-state index in [0.717, 1.165) is 66.9 Å². The van der Waals surface area contributed by atoms with Crippen LogP contribution in [0.1, 0.15) is 57.3 Å². The van der Waals surface area contributed by atoms with Gasteiger partial charge in [-0.25, -0.2) is 0 Å². The Morgan fingerprint density at radius 2 is 0.982 bits per heavy atom. The van der Waals surface area contributed by atoms with E-state index in [-0.39, 0.29) is 0 Å². The van der Waals surface area contributed by atoms with Crippen LogP contribution in [0.5, 0.6) is 0 Å². The number of alkyl halides is 6. The van der Waals surface area contributed by atoms with Gasteiger partial charge in [-0.3, -0.25) is 0 Å². The average molecular weight is 767 g/mol. The Labute approximate surface area is 326 Å². The highest BCUT2D eigenvalue weighted by Crippen LogP contribution is 2.60. The highest BCUT2D eigenvalue weighted by atomic mass is 19.4. The molecule has 0 saturated heterocycles. The summed E-state index contributed by atoms with van der Waals surface area (Å²) in [6, 6.07) is 46.0. The maximum atomic E-state index is 13.9. The minimum Gasteiger partial charge on any atom is -0.341 e. The molecule has 0 aromatic heterocycles. The van der Waals surface area contributed by atoms with Crippen LogP contribution in [0.25, 0.3) is 21.9 Å².